The molecule has 2 aromatic carbocycles. The highest BCUT2D eigenvalue weighted by atomic mass is 32.2. The molecule has 0 aliphatic rings. The number of carbonyl (C=O) groups excluding carboxylic acids is 1. The van der Waals surface area contributed by atoms with Gasteiger partial charge in [-0.3, -0.25) is 4.79 Å². The minimum absolute atomic E-state index is 0.00179. The Hall–Kier alpha value is -3.06. The van der Waals surface area contributed by atoms with E-state index >= 15 is 0 Å². The standard InChI is InChI=1S/C29H39N5OS/c1-5-20-34(25-17-12-9-13-18-25)21-14-19-26(35)32-27-28(33(6-2)7-3)30-23(4)31-29(27)36-22-24-15-10-8-11-16-24/h8-13,15-18H,5-7,14,19-22H2,1-4H3,(H,32,35). The summed E-state index contributed by atoms with van der Waals surface area (Å²) in [7, 11) is 0. The number of thioether (sulfide) groups is 1. The highest BCUT2D eigenvalue weighted by molar-refractivity contribution is 7.98. The lowest BCUT2D eigenvalue weighted by Crippen LogP contribution is -2.28. The fourth-order valence-electron chi connectivity index (χ4n) is 4.14. The predicted molar refractivity (Wildman–Crippen MR) is 153 cm³/mol. The predicted octanol–water partition coefficient (Wildman–Crippen LogP) is 6.56. The first-order valence-corrected chi connectivity index (χ1v) is 13.9. The van der Waals surface area contributed by atoms with Crippen molar-refractivity contribution in [2.45, 2.75) is 57.7 Å². The largest absolute Gasteiger partial charge is 0.372 e. The fourth-order valence-corrected chi connectivity index (χ4v) is 5.11. The fraction of sp³-hybridized carbons (Fsp3) is 0.414. The average molecular weight is 506 g/mol. The van der Waals surface area contributed by atoms with Gasteiger partial charge < -0.3 is 15.1 Å². The van der Waals surface area contributed by atoms with Crippen molar-refractivity contribution in [2.24, 2.45) is 0 Å². The molecule has 0 unspecified atom stereocenters. The van der Waals surface area contributed by atoms with Gasteiger partial charge in [0, 0.05) is 44.0 Å². The normalized spacial score (nSPS) is 10.8. The molecule has 0 saturated carbocycles. The summed E-state index contributed by atoms with van der Waals surface area (Å²) in [6.45, 7) is 11.7. The first-order chi connectivity index (χ1) is 17.5. The molecule has 36 heavy (non-hydrogen) atoms. The number of nitrogens with one attached hydrogen (secondary N) is 1. The number of benzene rings is 2. The molecular weight excluding hydrogens is 466 g/mol. The van der Waals surface area contributed by atoms with Crippen molar-refractivity contribution in [3.63, 3.8) is 0 Å². The van der Waals surface area contributed by atoms with Crippen LogP contribution in [0.5, 0.6) is 0 Å². The smallest absolute Gasteiger partial charge is 0.224 e. The van der Waals surface area contributed by atoms with Crippen molar-refractivity contribution in [3.05, 3.63) is 72.1 Å². The van der Waals surface area contributed by atoms with Crippen LogP contribution in [-0.4, -0.2) is 42.1 Å². The van der Waals surface area contributed by atoms with Gasteiger partial charge in [0.05, 0.1) is 0 Å². The summed E-state index contributed by atoms with van der Waals surface area (Å²) in [5.41, 5.74) is 3.15. The SMILES string of the molecule is CCCN(CCCC(=O)Nc1c(SCc2ccccc2)nc(C)nc1N(CC)CC)c1ccccc1. The molecule has 0 fully saturated rings. The van der Waals surface area contributed by atoms with Crippen LogP contribution in [0.1, 0.15) is 51.4 Å². The minimum atomic E-state index is 0.00179. The molecule has 1 amide bonds. The maximum absolute atomic E-state index is 13.1. The van der Waals surface area contributed by atoms with Crippen LogP contribution >= 0.6 is 11.8 Å². The number of aryl methyl sites for hydroxylation is 1. The average Bonchev–Trinajstić information content (AvgIpc) is 2.90. The molecule has 3 rings (SSSR count). The molecule has 1 N–H and O–H groups in total. The number of aromatic nitrogens is 2. The molecule has 6 nitrogen and oxygen atoms in total. The van der Waals surface area contributed by atoms with Gasteiger partial charge in [-0.1, -0.05) is 67.2 Å². The van der Waals surface area contributed by atoms with E-state index in [1.54, 1.807) is 11.8 Å². The van der Waals surface area contributed by atoms with Gasteiger partial charge >= 0.3 is 0 Å². The van der Waals surface area contributed by atoms with Gasteiger partial charge in [0.15, 0.2) is 5.82 Å². The number of anilines is 3. The van der Waals surface area contributed by atoms with Crippen LogP contribution in [0.4, 0.5) is 17.2 Å². The third-order valence-electron chi connectivity index (χ3n) is 5.96. The topological polar surface area (TPSA) is 61.4 Å². The van der Waals surface area contributed by atoms with Crippen LogP contribution in [0, 0.1) is 6.92 Å². The zero-order valence-corrected chi connectivity index (χ0v) is 22.9. The van der Waals surface area contributed by atoms with Gasteiger partial charge in [0.25, 0.3) is 0 Å². The number of rotatable bonds is 14. The summed E-state index contributed by atoms with van der Waals surface area (Å²) in [6.07, 6.45) is 2.29. The van der Waals surface area contributed by atoms with E-state index in [1.807, 2.05) is 31.2 Å². The van der Waals surface area contributed by atoms with Gasteiger partial charge in [-0.15, -0.1) is 0 Å². The Morgan fingerprint density at radius 3 is 2.19 bits per heavy atom. The van der Waals surface area contributed by atoms with E-state index in [4.69, 9.17) is 9.97 Å². The van der Waals surface area contributed by atoms with E-state index in [9.17, 15) is 4.79 Å². The summed E-state index contributed by atoms with van der Waals surface area (Å²) in [5, 5.41) is 4.01. The first kappa shape index (κ1) is 27.5. The molecule has 0 bridgehead atoms. The van der Waals surface area contributed by atoms with Gasteiger partial charge in [-0.25, -0.2) is 9.97 Å². The van der Waals surface area contributed by atoms with Gasteiger partial charge in [0.1, 0.15) is 16.5 Å². The summed E-state index contributed by atoms with van der Waals surface area (Å²) in [4.78, 5) is 27.1. The Labute approximate surface area is 220 Å². The molecule has 0 spiro atoms. The van der Waals surface area contributed by atoms with Crippen LogP contribution in [0.2, 0.25) is 0 Å². The quantitative estimate of drug-likeness (QED) is 0.198. The van der Waals surface area contributed by atoms with Crippen molar-refractivity contribution in [1.82, 2.24) is 9.97 Å². The van der Waals surface area contributed by atoms with Crippen molar-refractivity contribution in [3.8, 4) is 0 Å². The van der Waals surface area contributed by atoms with E-state index in [1.165, 1.54) is 11.3 Å². The maximum Gasteiger partial charge on any atom is 0.224 e. The highest BCUT2D eigenvalue weighted by Crippen LogP contribution is 2.35. The molecule has 1 aromatic heterocycles. The van der Waals surface area contributed by atoms with Crippen molar-refractivity contribution >= 4 is 34.9 Å². The van der Waals surface area contributed by atoms with Crippen LogP contribution in [0.3, 0.4) is 0 Å². The Kier molecular flexibility index (Phi) is 11.1. The zero-order chi connectivity index (χ0) is 25.8. The Morgan fingerprint density at radius 2 is 1.56 bits per heavy atom. The van der Waals surface area contributed by atoms with Crippen molar-refractivity contribution in [2.75, 3.05) is 41.3 Å². The molecule has 3 aromatic rings. The second kappa shape index (κ2) is 14.5. The second-order valence-corrected chi connectivity index (χ2v) is 9.66. The van der Waals surface area contributed by atoms with Crippen LogP contribution in [0.15, 0.2) is 65.7 Å². The molecule has 0 aliphatic carbocycles. The van der Waals surface area contributed by atoms with Crippen molar-refractivity contribution in [1.29, 1.82) is 0 Å². The molecule has 192 valence electrons. The van der Waals surface area contributed by atoms with E-state index < -0.39 is 0 Å². The van der Waals surface area contributed by atoms with E-state index in [0.29, 0.717) is 12.2 Å². The molecule has 7 heteroatoms. The Bertz CT molecular complexity index is 1070. The third kappa shape index (κ3) is 7.98. The number of hydrogen-bond donors (Lipinski definition) is 1. The minimum Gasteiger partial charge on any atom is -0.372 e. The molecule has 0 saturated heterocycles. The lowest BCUT2D eigenvalue weighted by molar-refractivity contribution is -0.116. The van der Waals surface area contributed by atoms with E-state index in [0.717, 1.165) is 61.3 Å². The Morgan fingerprint density at radius 1 is 0.889 bits per heavy atom. The van der Waals surface area contributed by atoms with E-state index in [-0.39, 0.29) is 5.91 Å². The maximum atomic E-state index is 13.1. The van der Waals surface area contributed by atoms with Gasteiger partial charge in [-0.05, 0) is 51.3 Å². The number of amides is 1. The summed E-state index contributed by atoms with van der Waals surface area (Å²) >= 11 is 1.64. The number of carbonyl (C=O) groups is 1. The van der Waals surface area contributed by atoms with Crippen molar-refractivity contribution < 1.29 is 4.79 Å². The van der Waals surface area contributed by atoms with Gasteiger partial charge in [0.2, 0.25) is 5.91 Å². The second-order valence-electron chi connectivity index (χ2n) is 8.70. The molecule has 0 radical (unpaired) electrons. The molecular formula is C29H39N5OS. The third-order valence-corrected chi connectivity index (χ3v) is 7.01. The molecule has 1 heterocycles. The highest BCUT2D eigenvalue weighted by Gasteiger charge is 2.20. The zero-order valence-electron chi connectivity index (χ0n) is 22.0. The summed E-state index contributed by atoms with van der Waals surface area (Å²) < 4.78 is 0. The number of para-hydroxylation sites is 1. The van der Waals surface area contributed by atoms with Crippen LogP contribution in [-0.2, 0) is 10.5 Å². The number of nitrogens with zero attached hydrogens (tertiary/aromatic N) is 4. The van der Waals surface area contributed by atoms with Crippen LogP contribution < -0.4 is 15.1 Å². The van der Waals surface area contributed by atoms with E-state index in [2.05, 4.69) is 72.3 Å². The molecule has 0 aliphatic heterocycles. The number of hydrogen-bond acceptors (Lipinski definition) is 6. The Balaban J connectivity index is 1.74. The monoisotopic (exact) mass is 505 g/mol. The molecule has 0 atom stereocenters. The summed E-state index contributed by atoms with van der Waals surface area (Å²) in [6, 6.07) is 20.7. The summed E-state index contributed by atoms with van der Waals surface area (Å²) in [5.74, 6) is 2.29. The lowest BCUT2D eigenvalue weighted by Gasteiger charge is -2.25. The van der Waals surface area contributed by atoms with Gasteiger partial charge in [-0.2, -0.15) is 0 Å². The van der Waals surface area contributed by atoms with Crippen LogP contribution in [0.25, 0.3) is 0 Å². The first-order valence-electron chi connectivity index (χ1n) is 13.0. The lowest BCUT2D eigenvalue weighted by atomic mass is 10.2.